The van der Waals surface area contributed by atoms with E-state index in [4.69, 9.17) is 34.2 Å². The number of rotatable bonds is 4. The van der Waals surface area contributed by atoms with Gasteiger partial charge in [-0.1, -0.05) is 41.4 Å². The van der Waals surface area contributed by atoms with Crippen LogP contribution in [0, 0.1) is 11.3 Å². The van der Waals surface area contributed by atoms with Crippen LogP contribution in [0.25, 0.3) is 11.3 Å². The van der Waals surface area contributed by atoms with Crippen LogP contribution in [0.4, 0.5) is 4.79 Å². The maximum Gasteiger partial charge on any atom is 0.315 e. The number of halogens is 2. The van der Waals surface area contributed by atoms with Gasteiger partial charge in [-0.25, -0.2) is 4.79 Å². The number of primary amides is 1. The largest absolute Gasteiger partial charge is 0.351 e. The highest BCUT2D eigenvalue weighted by molar-refractivity contribution is 6.42. The number of hydrogen-bond donors (Lipinski definition) is 2. The molecule has 0 fully saturated rings. The summed E-state index contributed by atoms with van der Waals surface area (Å²) in [5.41, 5.74) is 8.10. The first-order valence-corrected chi connectivity index (χ1v) is 11.3. The van der Waals surface area contributed by atoms with Gasteiger partial charge in [0, 0.05) is 12.1 Å². The number of nitrogens with two attached hydrogens (primary N) is 1. The highest BCUT2D eigenvalue weighted by Gasteiger charge is 2.33. The number of amides is 3. The van der Waals surface area contributed by atoms with Gasteiger partial charge in [0.05, 0.1) is 51.6 Å². The lowest BCUT2D eigenvalue weighted by Crippen LogP contribution is -2.44. The number of carbonyl (C=O) groups excluding carboxylic acids is 2. The van der Waals surface area contributed by atoms with Crippen molar-refractivity contribution in [1.82, 2.24) is 20.0 Å². The van der Waals surface area contributed by atoms with E-state index >= 15 is 0 Å². The average Bonchev–Trinajstić information content (AvgIpc) is 3.19. The Morgan fingerprint density at radius 2 is 1.82 bits per heavy atom. The van der Waals surface area contributed by atoms with E-state index in [0.29, 0.717) is 51.2 Å². The number of benzene rings is 2. The second-order valence-electron chi connectivity index (χ2n) is 8.55. The minimum Gasteiger partial charge on any atom is -0.351 e. The number of aromatic nitrogens is 2. The van der Waals surface area contributed by atoms with Crippen LogP contribution >= 0.6 is 23.2 Å². The van der Waals surface area contributed by atoms with Gasteiger partial charge in [-0.05, 0) is 43.7 Å². The van der Waals surface area contributed by atoms with Crippen LogP contribution in [0.5, 0.6) is 0 Å². The Labute approximate surface area is 206 Å². The molecule has 3 aromatic rings. The highest BCUT2D eigenvalue weighted by atomic mass is 35.5. The predicted molar refractivity (Wildman–Crippen MR) is 129 cm³/mol. The van der Waals surface area contributed by atoms with Gasteiger partial charge in [0.1, 0.15) is 5.69 Å². The molecular formula is C24H22Cl2N6O2. The molecule has 4 rings (SSSR count). The number of fused-ring (bicyclic) bond motifs is 1. The molecule has 10 heteroatoms. The summed E-state index contributed by atoms with van der Waals surface area (Å²) in [7, 11) is 0. The molecule has 0 unspecified atom stereocenters. The smallest absolute Gasteiger partial charge is 0.315 e. The van der Waals surface area contributed by atoms with Crippen LogP contribution in [-0.2, 0) is 18.6 Å². The lowest BCUT2D eigenvalue weighted by molar-refractivity contribution is 0.0909. The molecule has 0 aliphatic carbocycles. The molecule has 0 bridgehead atoms. The molecule has 1 aliphatic rings. The Kier molecular flexibility index (Phi) is 6.26. The van der Waals surface area contributed by atoms with E-state index < -0.39 is 11.6 Å². The minimum absolute atomic E-state index is 0.156. The molecular weight excluding hydrogens is 475 g/mol. The monoisotopic (exact) mass is 496 g/mol. The van der Waals surface area contributed by atoms with Crippen LogP contribution in [-0.4, -0.2) is 33.2 Å². The predicted octanol–water partition coefficient (Wildman–Crippen LogP) is 4.29. The normalized spacial score (nSPS) is 13.2. The van der Waals surface area contributed by atoms with Gasteiger partial charge in [-0.3, -0.25) is 9.48 Å². The van der Waals surface area contributed by atoms with E-state index in [-0.39, 0.29) is 12.5 Å². The van der Waals surface area contributed by atoms with Crippen molar-refractivity contribution in [2.45, 2.75) is 32.5 Å². The van der Waals surface area contributed by atoms with Crippen LogP contribution in [0.2, 0.25) is 10.0 Å². The molecule has 0 spiro atoms. The fourth-order valence-electron chi connectivity index (χ4n) is 3.97. The molecule has 1 aromatic heterocycles. The van der Waals surface area contributed by atoms with Crippen molar-refractivity contribution in [2.24, 2.45) is 5.73 Å². The van der Waals surface area contributed by atoms with Crippen molar-refractivity contribution in [2.75, 3.05) is 6.54 Å². The standard InChI is InChI=1S/C24H22Cl2N6O2/c1-24(2,16-6-3-14(12-27)4-7-16)29-22(33)20-19-13-31(23(28)34)9-10-32(19)30-21(20)15-5-8-17(25)18(26)11-15/h3-8,11H,9-10,13H2,1-2H3,(H2,28,34)(H,29,33). The van der Waals surface area contributed by atoms with Crippen molar-refractivity contribution in [3.05, 3.63) is 74.9 Å². The van der Waals surface area contributed by atoms with Gasteiger partial charge >= 0.3 is 6.03 Å². The Morgan fingerprint density at radius 3 is 2.44 bits per heavy atom. The van der Waals surface area contributed by atoms with Crippen LogP contribution in [0.15, 0.2) is 42.5 Å². The number of urea groups is 1. The number of nitriles is 1. The third-order valence-corrected chi connectivity index (χ3v) is 6.61. The summed E-state index contributed by atoms with van der Waals surface area (Å²) in [6.07, 6.45) is 0. The quantitative estimate of drug-likeness (QED) is 0.559. The third kappa shape index (κ3) is 4.45. The highest BCUT2D eigenvalue weighted by Crippen LogP contribution is 2.33. The van der Waals surface area contributed by atoms with E-state index in [0.717, 1.165) is 5.56 Å². The topological polar surface area (TPSA) is 117 Å². The zero-order chi connectivity index (χ0) is 24.6. The van der Waals surface area contributed by atoms with Crippen LogP contribution < -0.4 is 11.1 Å². The summed E-state index contributed by atoms with van der Waals surface area (Å²) in [5, 5.41) is 17.5. The number of carbonyl (C=O) groups is 2. The fraction of sp³-hybridized carbons (Fsp3) is 0.250. The molecule has 0 radical (unpaired) electrons. The zero-order valence-corrected chi connectivity index (χ0v) is 20.1. The molecule has 34 heavy (non-hydrogen) atoms. The SMILES string of the molecule is CC(C)(NC(=O)c1c(-c2ccc(Cl)c(Cl)c2)nn2c1CN(C(N)=O)CC2)c1ccc(C#N)cc1. The van der Waals surface area contributed by atoms with Gasteiger partial charge < -0.3 is 16.0 Å². The second kappa shape index (κ2) is 9.01. The van der Waals surface area contributed by atoms with Crippen molar-refractivity contribution in [3.8, 4) is 17.3 Å². The molecule has 0 saturated heterocycles. The molecule has 8 nitrogen and oxygen atoms in total. The zero-order valence-electron chi connectivity index (χ0n) is 18.6. The van der Waals surface area contributed by atoms with E-state index in [9.17, 15) is 9.59 Å². The summed E-state index contributed by atoms with van der Waals surface area (Å²) in [6, 6.07) is 13.6. The second-order valence-corrected chi connectivity index (χ2v) is 9.36. The summed E-state index contributed by atoms with van der Waals surface area (Å²) >= 11 is 12.3. The van der Waals surface area contributed by atoms with Crippen molar-refractivity contribution in [1.29, 1.82) is 5.26 Å². The van der Waals surface area contributed by atoms with Gasteiger partial charge in [0.25, 0.3) is 5.91 Å². The first-order chi connectivity index (χ1) is 16.1. The molecule has 3 amide bonds. The van der Waals surface area contributed by atoms with E-state index in [1.165, 1.54) is 4.90 Å². The Balaban J connectivity index is 1.77. The molecule has 174 valence electrons. The maximum absolute atomic E-state index is 13.7. The Hall–Kier alpha value is -3.54. The first-order valence-electron chi connectivity index (χ1n) is 10.5. The number of nitrogens with one attached hydrogen (secondary N) is 1. The summed E-state index contributed by atoms with van der Waals surface area (Å²) in [4.78, 5) is 27.0. The number of hydrogen-bond acceptors (Lipinski definition) is 4. The Morgan fingerprint density at radius 1 is 1.12 bits per heavy atom. The summed E-state index contributed by atoms with van der Waals surface area (Å²) < 4.78 is 1.72. The van der Waals surface area contributed by atoms with Gasteiger partial charge in [-0.2, -0.15) is 10.4 Å². The van der Waals surface area contributed by atoms with Crippen molar-refractivity contribution >= 4 is 35.1 Å². The van der Waals surface area contributed by atoms with Gasteiger partial charge in [0.15, 0.2) is 0 Å². The summed E-state index contributed by atoms with van der Waals surface area (Å²) in [6.45, 7) is 4.69. The Bertz CT molecular complexity index is 1320. The maximum atomic E-state index is 13.7. The molecule has 2 heterocycles. The minimum atomic E-state index is -0.757. The van der Waals surface area contributed by atoms with E-state index in [1.54, 1.807) is 47.1 Å². The molecule has 3 N–H and O–H groups in total. The third-order valence-electron chi connectivity index (χ3n) is 5.87. The average molecular weight is 497 g/mol. The van der Waals surface area contributed by atoms with E-state index in [1.807, 2.05) is 13.8 Å². The van der Waals surface area contributed by atoms with Crippen molar-refractivity contribution < 1.29 is 9.59 Å². The first kappa shape index (κ1) is 23.6. The van der Waals surface area contributed by atoms with Crippen LogP contribution in [0.1, 0.15) is 41.0 Å². The van der Waals surface area contributed by atoms with Gasteiger partial charge in [-0.15, -0.1) is 0 Å². The lowest BCUT2D eigenvalue weighted by Gasteiger charge is -2.29. The van der Waals surface area contributed by atoms with E-state index in [2.05, 4.69) is 16.5 Å². The van der Waals surface area contributed by atoms with Crippen molar-refractivity contribution in [3.63, 3.8) is 0 Å². The molecule has 2 aromatic carbocycles. The fourth-order valence-corrected chi connectivity index (χ4v) is 4.27. The number of nitrogens with zero attached hydrogens (tertiary/aromatic N) is 4. The summed E-state index contributed by atoms with van der Waals surface area (Å²) in [5.74, 6) is -0.358. The molecule has 0 saturated carbocycles. The van der Waals surface area contributed by atoms with Gasteiger partial charge in [0.2, 0.25) is 0 Å². The lowest BCUT2D eigenvalue weighted by atomic mass is 9.92. The molecule has 0 atom stereocenters. The van der Waals surface area contributed by atoms with Crippen LogP contribution in [0.3, 0.4) is 0 Å². The molecule has 1 aliphatic heterocycles.